The van der Waals surface area contributed by atoms with E-state index in [0.717, 1.165) is 18.4 Å². The summed E-state index contributed by atoms with van der Waals surface area (Å²) in [6, 6.07) is 18.0. The Labute approximate surface area is 154 Å². The van der Waals surface area contributed by atoms with Crippen LogP contribution in [0, 0.1) is 12.8 Å². The molecule has 26 heavy (non-hydrogen) atoms. The Kier molecular flexibility index (Phi) is 5.71. The Morgan fingerprint density at radius 1 is 1.04 bits per heavy atom. The minimum atomic E-state index is -0.825. The van der Waals surface area contributed by atoms with Crippen molar-refractivity contribution in [2.45, 2.75) is 32.1 Å². The zero-order valence-corrected chi connectivity index (χ0v) is 15.1. The smallest absolute Gasteiger partial charge is 0.308 e. The number of carbonyl (C=O) groups is 2. The van der Waals surface area contributed by atoms with Gasteiger partial charge in [-0.2, -0.15) is 0 Å². The van der Waals surface area contributed by atoms with Crippen LogP contribution in [0.2, 0.25) is 0 Å². The molecule has 2 aromatic rings. The summed E-state index contributed by atoms with van der Waals surface area (Å²) in [5.74, 6) is -1.43. The molecule has 0 aliphatic carbocycles. The van der Waals surface area contributed by atoms with Gasteiger partial charge in [0.1, 0.15) is 0 Å². The number of nitrogens with zero attached hydrogens (tertiary/aromatic N) is 1. The minimum Gasteiger partial charge on any atom is -0.481 e. The first-order chi connectivity index (χ1) is 12.5. The predicted octanol–water partition coefficient (Wildman–Crippen LogP) is 3.64. The zero-order chi connectivity index (χ0) is 18.5. The van der Waals surface area contributed by atoms with Crippen LogP contribution in [0.15, 0.2) is 54.6 Å². The highest BCUT2D eigenvalue weighted by molar-refractivity contribution is 5.79. The van der Waals surface area contributed by atoms with E-state index in [1.165, 1.54) is 11.1 Å². The van der Waals surface area contributed by atoms with Crippen LogP contribution in [0.25, 0.3) is 0 Å². The third kappa shape index (κ3) is 4.31. The molecule has 2 atom stereocenters. The molecule has 1 aliphatic rings. The second kappa shape index (κ2) is 8.17. The lowest BCUT2D eigenvalue weighted by atomic mass is 9.89. The van der Waals surface area contributed by atoms with Gasteiger partial charge in [0.05, 0.1) is 5.92 Å². The van der Waals surface area contributed by atoms with Gasteiger partial charge in [0, 0.05) is 25.4 Å². The fourth-order valence-electron chi connectivity index (χ4n) is 3.65. The number of likely N-dealkylation sites (tertiary alicyclic amines) is 1. The average Bonchev–Trinajstić information content (AvgIpc) is 3.10. The lowest BCUT2D eigenvalue weighted by Crippen LogP contribution is -2.29. The van der Waals surface area contributed by atoms with Crippen molar-refractivity contribution in [3.05, 3.63) is 71.3 Å². The molecule has 0 bridgehead atoms. The Bertz CT molecular complexity index is 755. The van der Waals surface area contributed by atoms with Crippen molar-refractivity contribution >= 4 is 11.9 Å². The normalized spacial score (nSPS) is 19.5. The molecule has 1 saturated heterocycles. The van der Waals surface area contributed by atoms with Gasteiger partial charge in [0.2, 0.25) is 5.91 Å². The van der Waals surface area contributed by atoms with Gasteiger partial charge in [0.15, 0.2) is 0 Å². The zero-order valence-electron chi connectivity index (χ0n) is 15.1. The number of rotatable bonds is 6. The molecule has 1 N–H and O–H groups in total. The maximum atomic E-state index is 12.6. The molecule has 136 valence electrons. The highest BCUT2D eigenvalue weighted by Gasteiger charge is 2.40. The van der Waals surface area contributed by atoms with E-state index in [9.17, 15) is 14.7 Å². The van der Waals surface area contributed by atoms with Crippen LogP contribution in [0.5, 0.6) is 0 Å². The first kappa shape index (κ1) is 18.2. The van der Waals surface area contributed by atoms with Crippen LogP contribution in [-0.4, -0.2) is 35.0 Å². The van der Waals surface area contributed by atoms with Crippen LogP contribution in [0.1, 0.15) is 35.4 Å². The van der Waals surface area contributed by atoms with Crippen LogP contribution in [-0.2, 0) is 16.0 Å². The average molecular weight is 351 g/mol. The van der Waals surface area contributed by atoms with Crippen LogP contribution in [0.4, 0.5) is 0 Å². The first-order valence-electron chi connectivity index (χ1n) is 9.15. The summed E-state index contributed by atoms with van der Waals surface area (Å²) < 4.78 is 0. The van der Waals surface area contributed by atoms with E-state index in [4.69, 9.17) is 0 Å². The molecule has 0 aromatic heterocycles. The first-order valence-corrected chi connectivity index (χ1v) is 9.15. The van der Waals surface area contributed by atoms with Gasteiger partial charge in [-0.05, 0) is 30.9 Å². The fraction of sp³-hybridized carbons (Fsp3) is 0.364. The molecule has 4 nitrogen and oxygen atoms in total. The van der Waals surface area contributed by atoms with E-state index in [2.05, 4.69) is 31.2 Å². The summed E-state index contributed by atoms with van der Waals surface area (Å²) >= 11 is 0. The van der Waals surface area contributed by atoms with Crippen LogP contribution >= 0.6 is 0 Å². The van der Waals surface area contributed by atoms with Crippen molar-refractivity contribution in [1.82, 2.24) is 4.90 Å². The SMILES string of the molecule is Cc1ccc(CCCC(=O)N2CC(C(=O)O)C(c3ccccc3)C2)cc1. The van der Waals surface area contributed by atoms with Gasteiger partial charge in [-0.1, -0.05) is 60.2 Å². The number of carbonyl (C=O) groups excluding carboxylic acids is 1. The van der Waals surface area contributed by atoms with Gasteiger partial charge >= 0.3 is 5.97 Å². The summed E-state index contributed by atoms with van der Waals surface area (Å²) in [5, 5.41) is 9.55. The molecule has 0 radical (unpaired) electrons. The number of aryl methyl sites for hydroxylation is 2. The summed E-state index contributed by atoms with van der Waals surface area (Å²) in [4.78, 5) is 25.9. The highest BCUT2D eigenvalue weighted by Crippen LogP contribution is 2.33. The lowest BCUT2D eigenvalue weighted by Gasteiger charge is -2.16. The molecule has 1 amide bonds. The molecule has 4 heteroatoms. The number of hydrogen-bond acceptors (Lipinski definition) is 2. The van der Waals surface area contributed by atoms with Gasteiger partial charge in [-0.25, -0.2) is 0 Å². The molecule has 2 aromatic carbocycles. The fourth-order valence-corrected chi connectivity index (χ4v) is 3.65. The standard InChI is InChI=1S/C22H25NO3/c1-16-10-12-17(13-11-16)6-5-9-21(24)23-14-19(20(15-23)22(25)26)18-7-3-2-4-8-18/h2-4,7-8,10-13,19-20H,5-6,9,14-15H2,1H3,(H,25,26). The highest BCUT2D eigenvalue weighted by atomic mass is 16.4. The maximum Gasteiger partial charge on any atom is 0.308 e. The maximum absolute atomic E-state index is 12.6. The summed E-state index contributed by atoms with van der Waals surface area (Å²) in [6.45, 7) is 2.85. The molecule has 1 heterocycles. The number of carboxylic acid groups (broad SMARTS) is 1. The van der Waals surface area contributed by atoms with Gasteiger partial charge in [-0.3, -0.25) is 9.59 Å². The van der Waals surface area contributed by atoms with E-state index in [1.807, 2.05) is 30.3 Å². The molecule has 1 fully saturated rings. The quantitative estimate of drug-likeness (QED) is 0.864. The molecule has 1 aliphatic heterocycles. The molecular weight excluding hydrogens is 326 g/mol. The number of benzene rings is 2. The molecule has 2 unspecified atom stereocenters. The largest absolute Gasteiger partial charge is 0.481 e. The number of amides is 1. The number of carboxylic acids is 1. The summed E-state index contributed by atoms with van der Waals surface area (Å²) in [6.07, 6.45) is 2.11. The van der Waals surface area contributed by atoms with Crippen LogP contribution in [0.3, 0.4) is 0 Å². The van der Waals surface area contributed by atoms with E-state index >= 15 is 0 Å². The summed E-state index contributed by atoms with van der Waals surface area (Å²) in [5.41, 5.74) is 3.46. The third-order valence-electron chi connectivity index (χ3n) is 5.19. The Morgan fingerprint density at radius 3 is 2.38 bits per heavy atom. The number of hydrogen-bond donors (Lipinski definition) is 1. The lowest BCUT2D eigenvalue weighted by molar-refractivity contribution is -0.141. The van der Waals surface area contributed by atoms with Gasteiger partial charge in [0.25, 0.3) is 0 Å². The predicted molar refractivity (Wildman–Crippen MR) is 101 cm³/mol. The van der Waals surface area contributed by atoms with Crippen molar-refractivity contribution in [2.24, 2.45) is 5.92 Å². The van der Waals surface area contributed by atoms with Crippen LogP contribution < -0.4 is 0 Å². The third-order valence-corrected chi connectivity index (χ3v) is 5.19. The molecule has 0 saturated carbocycles. The second-order valence-corrected chi connectivity index (χ2v) is 7.10. The van der Waals surface area contributed by atoms with Crippen molar-refractivity contribution < 1.29 is 14.7 Å². The second-order valence-electron chi connectivity index (χ2n) is 7.10. The Balaban J connectivity index is 1.57. The molecule has 3 rings (SSSR count). The topological polar surface area (TPSA) is 57.6 Å². The van der Waals surface area contributed by atoms with Gasteiger partial charge < -0.3 is 10.0 Å². The molecule has 0 spiro atoms. The van der Waals surface area contributed by atoms with Crippen molar-refractivity contribution in [1.29, 1.82) is 0 Å². The Hall–Kier alpha value is -2.62. The minimum absolute atomic E-state index is 0.0572. The van der Waals surface area contributed by atoms with Gasteiger partial charge in [-0.15, -0.1) is 0 Å². The monoisotopic (exact) mass is 351 g/mol. The van der Waals surface area contributed by atoms with E-state index < -0.39 is 11.9 Å². The van der Waals surface area contributed by atoms with E-state index in [-0.39, 0.29) is 11.8 Å². The Morgan fingerprint density at radius 2 is 1.73 bits per heavy atom. The van der Waals surface area contributed by atoms with E-state index in [1.54, 1.807) is 4.90 Å². The molecular formula is C22H25NO3. The van der Waals surface area contributed by atoms with E-state index in [0.29, 0.717) is 19.5 Å². The van der Waals surface area contributed by atoms with Crippen molar-refractivity contribution in [3.63, 3.8) is 0 Å². The van der Waals surface area contributed by atoms with Crippen molar-refractivity contribution in [3.8, 4) is 0 Å². The van der Waals surface area contributed by atoms with Crippen molar-refractivity contribution in [2.75, 3.05) is 13.1 Å². The number of aliphatic carboxylic acids is 1. The summed E-state index contributed by atoms with van der Waals surface area (Å²) in [7, 11) is 0.